The fourth-order valence-electron chi connectivity index (χ4n) is 2.34. The average Bonchev–Trinajstić information content (AvgIpc) is 3.18. The summed E-state index contributed by atoms with van der Waals surface area (Å²) in [4.78, 5) is 29.4. The highest BCUT2D eigenvalue weighted by molar-refractivity contribution is 8.26. The smallest absolute Gasteiger partial charge is 0.266 e. The topological polar surface area (TPSA) is 40.6 Å². The lowest BCUT2D eigenvalue weighted by molar-refractivity contribution is -0.134. The van der Waals surface area contributed by atoms with Crippen molar-refractivity contribution in [1.82, 2.24) is 9.80 Å². The van der Waals surface area contributed by atoms with E-state index in [4.69, 9.17) is 12.2 Å². The first-order valence-electron chi connectivity index (χ1n) is 6.72. The molecule has 1 aromatic heterocycles. The van der Waals surface area contributed by atoms with Crippen molar-refractivity contribution in [2.75, 3.05) is 19.6 Å². The highest BCUT2D eigenvalue weighted by Gasteiger charge is 2.34. The molecule has 4 nitrogen and oxygen atoms in total. The van der Waals surface area contributed by atoms with Crippen LogP contribution >= 0.6 is 35.3 Å². The quantitative estimate of drug-likeness (QED) is 0.627. The van der Waals surface area contributed by atoms with Crippen LogP contribution in [0.2, 0.25) is 0 Å². The zero-order valence-corrected chi connectivity index (χ0v) is 13.7. The lowest BCUT2D eigenvalue weighted by Crippen LogP contribution is -2.40. The van der Waals surface area contributed by atoms with Crippen LogP contribution in [0.1, 0.15) is 17.7 Å². The zero-order chi connectivity index (χ0) is 14.8. The molecule has 0 aromatic carbocycles. The highest BCUT2D eigenvalue weighted by Crippen LogP contribution is 2.33. The Bertz CT molecular complexity index is 604. The Hall–Kier alpha value is -1.18. The second-order valence-corrected chi connectivity index (χ2v) is 7.53. The van der Waals surface area contributed by atoms with Crippen LogP contribution in [0.3, 0.4) is 0 Å². The van der Waals surface area contributed by atoms with Gasteiger partial charge in [-0.25, -0.2) is 0 Å². The van der Waals surface area contributed by atoms with E-state index in [1.54, 1.807) is 11.3 Å². The molecule has 2 amide bonds. The number of carbonyl (C=O) groups is 2. The summed E-state index contributed by atoms with van der Waals surface area (Å²) in [6.45, 7) is 1.64. The van der Waals surface area contributed by atoms with Gasteiger partial charge >= 0.3 is 0 Å². The zero-order valence-electron chi connectivity index (χ0n) is 11.3. The molecule has 0 spiro atoms. The molecule has 2 saturated heterocycles. The molecule has 3 heterocycles. The second-order valence-electron chi connectivity index (χ2n) is 4.87. The Labute approximate surface area is 136 Å². The van der Waals surface area contributed by atoms with E-state index >= 15 is 0 Å². The Kier molecular flexibility index (Phi) is 4.42. The van der Waals surface area contributed by atoms with Crippen molar-refractivity contribution in [3.63, 3.8) is 0 Å². The van der Waals surface area contributed by atoms with Gasteiger partial charge in [0, 0.05) is 18.0 Å². The maximum Gasteiger partial charge on any atom is 0.266 e. The third kappa shape index (κ3) is 3.20. The number of amides is 2. The van der Waals surface area contributed by atoms with Crippen LogP contribution < -0.4 is 0 Å². The number of hydrogen-bond donors (Lipinski definition) is 0. The fraction of sp³-hybridized carbons (Fsp3) is 0.357. The van der Waals surface area contributed by atoms with E-state index in [-0.39, 0.29) is 18.4 Å². The number of thiophene rings is 1. The number of nitrogens with zero attached hydrogens (tertiary/aromatic N) is 2. The summed E-state index contributed by atoms with van der Waals surface area (Å²) in [7, 11) is 0. The molecule has 0 saturated carbocycles. The van der Waals surface area contributed by atoms with Crippen molar-refractivity contribution >= 4 is 57.5 Å². The van der Waals surface area contributed by atoms with E-state index in [1.807, 2.05) is 28.5 Å². The third-order valence-corrected chi connectivity index (χ3v) is 5.64. The molecule has 2 fully saturated rings. The molecule has 2 aliphatic heterocycles. The molecule has 0 bridgehead atoms. The number of likely N-dealkylation sites (tertiary alicyclic amines) is 1. The summed E-state index contributed by atoms with van der Waals surface area (Å²) in [5.41, 5.74) is 0. The van der Waals surface area contributed by atoms with Gasteiger partial charge in [-0.3, -0.25) is 14.5 Å². The molecule has 3 rings (SSSR count). The van der Waals surface area contributed by atoms with Gasteiger partial charge in [0.1, 0.15) is 10.9 Å². The summed E-state index contributed by atoms with van der Waals surface area (Å²) < 4.78 is 0.468. The van der Waals surface area contributed by atoms with Crippen LogP contribution in [0.25, 0.3) is 6.08 Å². The normalized spacial score (nSPS) is 20.9. The van der Waals surface area contributed by atoms with Crippen molar-refractivity contribution in [2.45, 2.75) is 12.8 Å². The van der Waals surface area contributed by atoms with Crippen molar-refractivity contribution < 1.29 is 9.59 Å². The number of thioether (sulfide) groups is 1. The fourth-order valence-corrected chi connectivity index (χ4v) is 4.32. The standard InChI is InChI=1S/C14H14N2O2S3/c17-12(15-5-1-2-6-15)9-16-13(18)11(21-14(16)19)8-10-4-3-7-20-10/h3-4,7-8H,1-2,5-6,9H2. The second kappa shape index (κ2) is 6.29. The molecule has 21 heavy (non-hydrogen) atoms. The van der Waals surface area contributed by atoms with E-state index < -0.39 is 0 Å². The molecular weight excluding hydrogens is 324 g/mol. The summed E-state index contributed by atoms with van der Waals surface area (Å²) in [6.07, 6.45) is 3.93. The van der Waals surface area contributed by atoms with E-state index in [0.29, 0.717) is 9.23 Å². The number of rotatable bonds is 3. The predicted octanol–water partition coefficient (Wildman–Crippen LogP) is 2.57. The third-order valence-electron chi connectivity index (χ3n) is 3.44. The van der Waals surface area contributed by atoms with Gasteiger partial charge in [0.15, 0.2) is 0 Å². The monoisotopic (exact) mass is 338 g/mol. The summed E-state index contributed by atoms with van der Waals surface area (Å²) in [5.74, 6) is -0.174. The van der Waals surface area contributed by atoms with E-state index in [2.05, 4.69) is 0 Å². The SMILES string of the molecule is O=C(CN1C(=O)C(=Cc2cccs2)SC1=S)N1CCCC1. The minimum absolute atomic E-state index is 0.0128. The molecule has 0 radical (unpaired) electrons. The van der Waals surface area contributed by atoms with Crippen molar-refractivity contribution in [1.29, 1.82) is 0 Å². The number of thiocarbonyl (C=S) groups is 1. The summed E-state index contributed by atoms with van der Waals surface area (Å²) >= 11 is 8.08. The van der Waals surface area contributed by atoms with E-state index in [0.717, 1.165) is 30.8 Å². The van der Waals surface area contributed by atoms with Crippen LogP contribution in [0.15, 0.2) is 22.4 Å². The van der Waals surface area contributed by atoms with Gasteiger partial charge in [-0.05, 0) is 30.4 Å². The summed E-state index contributed by atoms with van der Waals surface area (Å²) in [5, 5.41) is 1.96. The van der Waals surface area contributed by atoms with Crippen molar-refractivity contribution in [3.05, 3.63) is 27.3 Å². The molecule has 110 valence electrons. The molecule has 0 aliphatic carbocycles. The lowest BCUT2D eigenvalue weighted by Gasteiger charge is -2.19. The van der Waals surface area contributed by atoms with Crippen molar-refractivity contribution in [3.8, 4) is 0 Å². The van der Waals surface area contributed by atoms with Gasteiger partial charge in [0.05, 0.1) is 4.91 Å². The van der Waals surface area contributed by atoms with E-state index in [9.17, 15) is 9.59 Å². The first-order valence-corrected chi connectivity index (χ1v) is 8.82. The van der Waals surface area contributed by atoms with Crippen LogP contribution in [-0.2, 0) is 9.59 Å². The minimum atomic E-state index is -0.161. The molecule has 0 atom stereocenters. The molecule has 7 heteroatoms. The Morgan fingerprint density at radius 3 is 2.81 bits per heavy atom. The van der Waals surface area contributed by atoms with Gasteiger partial charge in [0.2, 0.25) is 5.91 Å². The molecular formula is C14H14N2O2S3. The molecule has 0 unspecified atom stereocenters. The largest absolute Gasteiger partial charge is 0.341 e. The lowest BCUT2D eigenvalue weighted by atomic mass is 10.3. The Balaban J connectivity index is 1.70. The minimum Gasteiger partial charge on any atom is -0.341 e. The maximum absolute atomic E-state index is 12.4. The highest BCUT2D eigenvalue weighted by atomic mass is 32.2. The van der Waals surface area contributed by atoms with Gasteiger partial charge < -0.3 is 4.90 Å². The van der Waals surface area contributed by atoms with E-state index in [1.165, 1.54) is 16.7 Å². The Morgan fingerprint density at radius 1 is 1.38 bits per heavy atom. The van der Waals surface area contributed by atoms with Gasteiger partial charge in [-0.1, -0.05) is 30.0 Å². The molecule has 2 aliphatic rings. The predicted molar refractivity (Wildman–Crippen MR) is 90.0 cm³/mol. The van der Waals surface area contributed by atoms with Crippen LogP contribution in [0.4, 0.5) is 0 Å². The summed E-state index contributed by atoms with van der Waals surface area (Å²) in [6, 6.07) is 3.89. The van der Waals surface area contributed by atoms with Gasteiger partial charge in [-0.2, -0.15) is 0 Å². The van der Waals surface area contributed by atoms with Crippen LogP contribution in [-0.4, -0.2) is 45.6 Å². The molecule has 1 aromatic rings. The maximum atomic E-state index is 12.4. The van der Waals surface area contributed by atoms with Gasteiger partial charge in [-0.15, -0.1) is 11.3 Å². The molecule has 0 N–H and O–H groups in total. The first kappa shape index (κ1) is 14.7. The van der Waals surface area contributed by atoms with Crippen molar-refractivity contribution in [2.24, 2.45) is 0 Å². The number of carbonyl (C=O) groups excluding carboxylic acids is 2. The average molecular weight is 338 g/mol. The first-order chi connectivity index (χ1) is 10.1. The van der Waals surface area contributed by atoms with Gasteiger partial charge in [0.25, 0.3) is 5.91 Å². The Morgan fingerprint density at radius 2 is 2.14 bits per heavy atom. The number of hydrogen-bond acceptors (Lipinski definition) is 5. The van der Waals surface area contributed by atoms with Crippen LogP contribution in [0.5, 0.6) is 0 Å². The van der Waals surface area contributed by atoms with Crippen LogP contribution in [0, 0.1) is 0 Å².